The lowest BCUT2D eigenvalue weighted by molar-refractivity contribution is 0.336. The van der Waals surface area contributed by atoms with Gasteiger partial charge in [0.1, 0.15) is 5.82 Å². The summed E-state index contributed by atoms with van der Waals surface area (Å²) in [4.78, 5) is 11.4. The first kappa shape index (κ1) is 24.0. The van der Waals surface area contributed by atoms with Crippen LogP contribution in [-0.2, 0) is 0 Å². The van der Waals surface area contributed by atoms with E-state index in [0.29, 0.717) is 18.4 Å². The summed E-state index contributed by atoms with van der Waals surface area (Å²) in [6, 6.07) is 10.2. The van der Waals surface area contributed by atoms with Crippen LogP contribution < -0.4 is 20.9 Å². The SMILES string of the molecule is CN(C)c1nc(NC2CCC(CNC(=S)Nc3ccc(F)c(F)c3F)CC2)nc2ccccc12. The highest BCUT2D eigenvalue weighted by atomic mass is 32.1. The van der Waals surface area contributed by atoms with E-state index in [-0.39, 0.29) is 16.8 Å². The molecule has 0 amide bonds. The molecule has 3 aromatic rings. The van der Waals surface area contributed by atoms with E-state index >= 15 is 0 Å². The molecule has 180 valence electrons. The molecule has 0 saturated heterocycles. The first-order valence-corrected chi connectivity index (χ1v) is 11.6. The number of nitrogens with zero attached hydrogens (tertiary/aromatic N) is 3. The Morgan fingerprint density at radius 2 is 1.74 bits per heavy atom. The predicted molar refractivity (Wildman–Crippen MR) is 134 cm³/mol. The van der Waals surface area contributed by atoms with Gasteiger partial charge < -0.3 is 20.9 Å². The summed E-state index contributed by atoms with van der Waals surface area (Å²) in [6.45, 7) is 0.612. The molecule has 1 aromatic heterocycles. The lowest BCUT2D eigenvalue weighted by Crippen LogP contribution is -2.36. The molecule has 6 nitrogen and oxygen atoms in total. The second-order valence-corrected chi connectivity index (χ2v) is 9.11. The summed E-state index contributed by atoms with van der Waals surface area (Å²) in [7, 11) is 3.94. The summed E-state index contributed by atoms with van der Waals surface area (Å²) < 4.78 is 40.3. The number of hydrogen-bond acceptors (Lipinski definition) is 5. The van der Waals surface area contributed by atoms with E-state index in [0.717, 1.165) is 54.5 Å². The summed E-state index contributed by atoms with van der Waals surface area (Å²) in [5.41, 5.74) is 0.705. The van der Waals surface area contributed by atoms with Crippen LogP contribution in [0.25, 0.3) is 10.9 Å². The smallest absolute Gasteiger partial charge is 0.225 e. The molecular formula is C24H27F3N6S. The number of hydrogen-bond donors (Lipinski definition) is 3. The molecule has 4 rings (SSSR count). The zero-order valence-electron chi connectivity index (χ0n) is 19.0. The van der Waals surface area contributed by atoms with Gasteiger partial charge in [-0.1, -0.05) is 12.1 Å². The summed E-state index contributed by atoms with van der Waals surface area (Å²) in [5.74, 6) is -2.15. The zero-order valence-corrected chi connectivity index (χ0v) is 19.9. The molecule has 3 N–H and O–H groups in total. The Balaban J connectivity index is 1.28. The van der Waals surface area contributed by atoms with Crippen LogP contribution in [0.1, 0.15) is 25.7 Å². The third kappa shape index (κ3) is 5.49. The standard InChI is InChI=1S/C24H27F3N6S/c1-33(2)22-16-5-3-4-6-18(16)30-23(32-22)29-15-9-7-14(8-10-15)13-28-24(34)31-19-12-11-17(25)20(26)21(19)27/h3-6,11-12,14-15H,7-10,13H2,1-2H3,(H2,28,31,34)(H,29,30,32). The molecule has 0 radical (unpaired) electrons. The van der Waals surface area contributed by atoms with Crippen LogP contribution in [0.3, 0.4) is 0 Å². The van der Waals surface area contributed by atoms with Crippen molar-refractivity contribution >= 4 is 45.7 Å². The Morgan fingerprint density at radius 3 is 2.47 bits per heavy atom. The number of para-hydroxylation sites is 1. The third-order valence-electron chi connectivity index (χ3n) is 6.02. The first-order chi connectivity index (χ1) is 16.3. The lowest BCUT2D eigenvalue weighted by atomic mass is 9.86. The number of aromatic nitrogens is 2. The Labute approximate surface area is 202 Å². The van der Waals surface area contributed by atoms with Crippen LogP contribution in [0.5, 0.6) is 0 Å². The largest absolute Gasteiger partial charge is 0.362 e. The molecule has 0 spiro atoms. The van der Waals surface area contributed by atoms with Gasteiger partial charge in [-0.15, -0.1) is 0 Å². The summed E-state index contributed by atoms with van der Waals surface area (Å²) in [6.07, 6.45) is 3.86. The second-order valence-electron chi connectivity index (χ2n) is 8.70. The highest BCUT2D eigenvalue weighted by molar-refractivity contribution is 7.80. The van der Waals surface area contributed by atoms with Crippen molar-refractivity contribution < 1.29 is 13.2 Å². The van der Waals surface area contributed by atoms with Crippen LogP contribution >= 0.6 is 12.2 Å². The predicted octanol–water partition coefficient (Wildman–Crippen LogP) is 5.07. The van der Waals surface area contributed by atoms with Crippen molar-refractivity contribution in [2.24, 2.45) is 5.92 Å². The van der Waals surface area contributed by atoms with Crippen molar-refractivity contribution in [3.8, 4) is 0 Å². The first-order valence-electron chi connectivity index (χ1n) is 11.2. The average molecular weight is 489 g/mol. The molecule has 1 aliphatic rings. The van der Waals surface area contributed by atoms with Gasteiger partial charge in [0.05, 0.1) is 11.2 Å². The van der Waals surface area contributed by atoms with Gasteiger partial charge in [-0.05, 0) is 68.1 Å². The lowest BCUT2D eigenvalue weighted by Gasteiger charge is -2.29. The fraction of sp³-hybridized carbons (Fsp3) is 0.375. The molecule has 0 atom stereocenters. The maximum atomic E-state index is 13.8. The maximum absolute atomic E-state index is 13.8. The van der Waals surface area contributed by atoms with E-state index in [4.69, 9.17) is 17.2 Å². The molecule has 1 heterocycles. The highest BCUT2D eigenvalue weighted by Crippen LogP contribution is 2.28. The average Bonchev–Trinajstić information content (AvgIpc) is 2.83. The van der Waals surface area contributed by atoms with Crippen molar-refractivity contribution in [2.45, 2.75) is 31.7 Å². The van der Waals surface area contributed by atoms with E-state index in [1.165, 1.54) is 0 Å². The molecule has 34 heavy (non-hydrogen) atoms. The van der Waals surface area contributed by atoms with Crippen LogP contribution in [0.2, 0.25) is 0 Å². The summed E-state index contributed by atoms with van der Waals surface area (Å²) >= 11 is 5.18. The van der Waals surface area contributed by atoms with Gasteiger partial charge in [-0.25, -0.2) is 18.2 Å². The zero-order chi connectivity index (χ0) is 24.2. The van der Waals surface area contributed by atoms with Crippen molar-refractivity contribution in [3.05, 3.63) is 53.8 Å². The molecular weight excluding hydrogens is 461 g/mol. The number of benzene rings is 2. The van der Waals surface area contributed by atoms with Gasteiger partial charge in [0.25, 0.3) is 0 Å². The van der Waals surface area contributed by atoms with Crippen molar-refractivity contribution in [2.75, 3.05) is 36.2 Å². The Bertz CT molecular complexity index is 1180. The fourth-order valence-corrected chi connectivity index (χ4v) is 4.38. The Kier molecular flexibility index (Phi) is 7.35. The molecule has 10 heteroatoms. The van der Waals surface area contributed by atoms with E-state index in [1.54, 1.807) is 0 Å². The van der Waals surface area contributed by atoms with Gasteiger partial charge in [0, 0.05) is 32.1 Å². The fourth-order valence-electron chi connectivity index (χ4n) is 4.18. The van der Waals surface area contributed by atoms with Gasteiger partial charge in [-0.2, -0.15) is 4.98 Å². The maximum Gasteiger partial charge on any atom is 0.225 e. The van der Waals surface area contributed by atoms with Gasteiger partial charge >= 0.3 is 0 Å². The number of halogens is 3. The Hall–Kier alpha value is -3.14. The summed E-state index contributed by atoms with van der Waals surface area (Å²) in [5, 5.41) is 10.3. The molecule has 1 saturated carbocycles. The van der Waals surface area contributed by atoms with Gasteiger partial charge in [0.15, 0.2) is 22.6 Å². The molecule has 0 bridgehead atoms. The Morgan fingerprint density at radius 1 is 1.00 bits per heavy atom. The van der Waals surface area contributed by atoms with Crippen LogP contribution in [-0.4, -0.2) is 41.8 Å². The van der Waals surface area contributed by atoms with Crippen molar-refractivity contribution in [1.29, 1.82) is 0 Å². The third-order valence-corrected chi connectivity index (χ3v) is 6.27. The van der Waals surface area contributed by atoms with Crippen LogP contribution in [0.4, 0.5) is 30.6 Å². The van der Waals surface area contributed by atoms with Crippen molar-refractivity contribution in [3.63, 3.8) is 0 Å². The minimum absolute atomic E-state index is 0.172. The van der Waals surface area contributed by atoms with E-state index in [1.807, 2.05) is 43.3 Å². The number of fused-ring (bicyclic) bond motifs is 1. The van der Waals surface area contributed by atoms with Crippen LogP contribution in [0.15, 0.2) is 36.4 Å². The van der Waals surface area contributed by atoms with E-state index in [9.17, 15) is 13.2 Å². The molecule has 2 aromatic carbocycles. The highest BCUT2D eigenvalue weighted by Gasteiger charge is 2.23. The van der Waals surface area contributed by atoms with Crippen LogP contribution in [0, 0.1) is 23.4 Å². The number of thiocarbonyl (C=S) groups is 1. The number of anilines is 3. The van der Waals surface area contributed by atoms with Gasteiger partial charge in [0.2, 0.25) is 5.95 Å². The minimum atomic E-state index is -1.52. The second kappa shape index (κ2) is 10.4. The molecule has 1 fully saturated rings. The number of rotatable bonds is 6. The van der Waals surface area contributed by atoms with E-state index in [2.05, 4.69) is 20.9 Å². The quantitative estimate of drug-likeness (QED) is 0.331. The molecule has 1 aliphatic carbocycles. The molecule has 0 aliphatic heterocycles. The van der Waals surface area contributed by atoms with Crippen molar-refractivity contribution in [1.82, 2.24) is 15.3 Å². The number of nitrogens with one attached hydrogen (secondary N) is 3. The monoisotopic (exact) mass is 488 g/mol. The van der Waals surface area contributed by atoms with E-state index < -0.39 is 17.5 Å². The normalized spacial score (nSPS) is 17.9. The van der Waals surface area contributed by atoms with Gasteiger partial charge in [-0.3, -0.25) is 0 Å². The topological polar surface area (TPSA) is 65.1 Å². The molecule has 0 unspecified atom stereocenters. The minimum Gasteiger partial charge on any atom is -0.362 e.